The monoisotopic (exact) mass is 319 g/mol. The number of carboxylic acids is 1. The van der Waals surface area contributed by atoms with Gasteiger partial charge in [-0.15, -0.1) is 0 Å². The first-order chi connectivity index (χ1) is 8.40. The van der Waals surface area contributed by atoms with Crippen LogP contribution in [0.4, 0.5) is 13.2 Å². The normalized spacial score (nSPS) is 10.7. The Hall–Kier alpha value is -1.76. The van der Waals surface area contributed by atoms with E-state index in [1.54, 1.807) is 0 Å². The quantitative estimate of drug-likeness (QED) is 0.862. The van der Waals surface area contributed by atoms with Crippen molar-refractivity contribution in [2.75, 3.05) is 0 Å². The highest BCUT2D eigenvalue weighted by Gasteiger charge is 2.18. The Morgan fingerprint density at radius 2 is 1.72 bits per heavy atom. The fraction of sp³-hybridized carbons (Fsp3) is 0. The minimum absolute atomic E-state index is 0.271. The molecule has 1 aromatic heterocycles. The van der Waals surface area contributed by atoms with Gasteiger partial charge in [-0.05, 0) is 22.0 Å². The Balaban J connectivity index is 2.69. The van der Waals surface area contributed by atoms with Gasteiger partial charge < -0.3 is 9.67 Å². The van der Waals surface area contributed by atoms with Gasteiger partial charge in [0.1, 0.15) is 11.5 Å². The average Bonchev–Trinajstić information content (AvgIpc) is 2.65. The standard InChI is InChI=1S/C11H5BrF3NO2/c12-5-1-10(11(17)18)16(4-5)9-3-7(14)6(13)2-8(9)15/h1-4H,(H,17,18). The topological polar surface area (TPSA) is 42.2 Å². The first kappa shape index (κ1) is 12.7. The van der Waals surface area contributed by atoms with Crippen molar-refractivity contribution >= 4 is 21.9 Å². The van der Waals surface area contributed by atoms with Crippen LogP contribution in [0.3, 0.4) is 0 Å². The lowest BCUT2D eigenvalue weighted by Gasteiger charge is -2.08. The van der Waals surface area contributed by atoms with Gasteiger partial charge in [0.05, 0.1) is 5.69 Å². The molecular weight excluding hydrogens is 315 g/mol. The third-order valence-electron chi connectivity index (χ3n) is 2.25. The van der Waals surface area contributed by atoms with E-state index >= 15 is 0 Å². The molecule has 0 aliphatic heterocycles. The van der Waals surface area contributed by atoms with Crippen LogP contribution < -0.4 is 0 Å². The number of benzene rings is 1. The molecule has 2 rings (SSSR count). The molecule has 0 radical (unpaired) electrons. The number of hydrogen-bond acceptors (Lipinski definition) is 1. The van der Waals surface area contributed by atoms with Crippen LogP contribution >= 0.6 is 15.9 Å². The molecule has 0 aliphatic rings. The van der Waals surface area contributed by atoms with E-state index in [-0.39, 0.29) is 11.4 Å². The molecule has 0 saturated carbocycles. The fourth-order valence-electron chi connectivity index (χ4n) is 1.49. The number of aromatic nitrogens is 1. The molecule has 1 N–H and O–H groups in total. The predicted molar refractivity (Wildman–Crippen MR) is 60.3 cm³/mol. The maximum Gasteiger partial charge on any atom is 0.352 e. The third kappa shape index (κ3) is 2.13. The Bertz CT molecular complexity index is 639. The molecule has 0 amide bonds. The van der Waals surface area contributed by atoms with Gasteiger partial charge in [0.15, 0.2) is 11.6 Å². The minimum Gasteiger partial charge on any atom is -0.477 e. The first-order valence-corrected chi connectivity index (χ1v) is 5.45. The minimum atomic E-state index is -1.33. The lowest BCUT2D eigenvalue weighted by atomic mass is 10.2. The van der Waals surface area contributed by atoms with Crippen LogP contribution in [0.25, 0.3) is 5.69 Å². The molecule has 0 unspecified atom stereocenters. The second-order valence-electron chi connectivity index (χ2n) is 3.44. The molecule has 94 valence electrons. The van der Waals surface area contributed by atoms with Crippen molar-refractivity contribution in [2.45, 2.75) is 0 Å². The molecule has 2 aromatic rings. The summed E-state index contributed by atoms with van der Waals surface area (Å²) in [4.78, 5) is 10.9. The summed E-state index contributed by atoms with van der Waals surface area (Å²) in [7, 11) is 0. The zero-order valence-electron chi connectivity index (χ0n) is 8.62. The zero-order valence-corrected chi connectivity index (χ0v) is 10.2. The van der Waals surface area contributed by atoms with Crippen LogP contribution in [-0.2, 0) is 0 Å². The number of carboxylic acid groups (broad SMARTS) is 1. The summed E-state index contributed by atoms with van der Waals surface area (Å²) >= 11 is 3.03. The van der Waals surface area contributed by atoms with Gasteiger partial charge in [-0.1, -0.05) is 0 Å². The highest BCUT2D eigenvalue weighted by Crippen LogP contribution is 2.23. The van der Waals surface area contributed by atoms with Gasteiger partial charge in [0, 0.05) is 22.8 Å². The molecule has 1 heterocycles. The Labute approximate surface area is 108 Å². The third-order valence-corrected chi connectivity index (χ3v) is 2.69. The van der Waals surface area contributed by atoms with Gasteiger partial charge in [-0.2, -0.15) is 0 Å². The van der Waals surface area contributed by atoms with Gasteiger partial charge in [0.25, 0.3) is 0 Å². The van der Waals surface area contributed by atoms with E-state index in [1.165, 1.54) is 12.3 Å². The van der Waals surface area contributed by atoms with Crippen LogP contribution in [0.2, 0.25) is 0 Å². The zero-order chi connectivity index (χ0) is 13.4. The summed E-state index contributed by atoms with van der Waals surface area (Å²) in [5.41, 5.74) is -0.649. The molecule has 0 atom stereocenters. The predicted octanol–water partition coefficient (Wildman–Crippen LogP) is 3.36. The van der Waals surface area contributed by atoms with Gasteiger partial charge >= 0.3 is 5.97 Å². The van der Waals surface area contributed by atoms with Crippen molar-refractivity contribution in [1.29, 1.82) is 0 Å². The molecule has 7 heteroatoms. The van der Waals surface area contributed by atoms with Gasteiger partial charge in [-0.3, -0.25) is 0 Å². The molecule has 3 nitrogen and oxygen atoms in total. The second-order valence-corrected chi connectivity index (χ2v) is 4.35. The summed E-state index contributed by atoms with van der Waals surface area (Å²) in [6.45, 7) is 0. The Morgan fingerprint density at radius 3 is 2.33 bits per heavy atom. The van der Waals surface area contributed by atoms with E-state index in [9.17, 15) is 18.0 Å². The molecule has 0 spiro atoms. The van der Waals surface area contributed by atoms with Crippen LogP contribution in [-0.4, -0.2) is 15.6 Å². The molecule has 18 heavy (non-hydrogen) atoms. The summed E-state index contributed by atoms with van der Waals surface area (Å²) < 4.78 is 40.7. The number of halogens is 4. The lowest BCUT2D eigenvalue weighted by Crippen LogP contribution is -2.08. The van der Waals surface area contributed by atoms with Crippen molar-refractivity contribution in [1.82, 2.24) is 4.57 Å². The summed E-state index contributed by atoms with van der Waals surface area (Å²) in [5.74, 6) is -4.96. The first-order valence-electron chi connectivity index (χ1n) is 4.66. The average molecular weight is 320 g/mol. The Morgan fingerprint density at radius 1 is 1.11 bits per heavy atom. The maximum absolute atomic E-state index is 13.5. The van der Waals surface area contributed by atoms with Gasteiger partial charge in [-0.25, -0.2) is 18.0 Å². The van der Waals surface area contributed by atoms with Crippen molar-refractivity contribution < 1.29 is 23.1 Å². The maximum atomic E-state index is 13.5. The molecule has 0 aliphatic carbocycles. The molecule has 0 saturated heterocycles. The molecule has 1 aromatic carbocycles. The fourth-order valence-corrected chi connectivity index (χ4v) is 1.91. The Kier molecular flexibility index (Phi) is 3.16. The smallest absolute Gasteiger partial charge is 0.352 e. The molecule has 0 bridgehead atoms. The number of carbonyl (C=O) groups is 1. The highest BCUT2D eigenvalue weighted by molar-refractivity contribution is 9.10. The largest absolute Gasteiger partial charge is 0.477 e. The summed E-state index contributed by atoms with van der Waals surface area (Å²) in [6, 6.07) is 2.19. The van der Waals surface area contributed by atoms with Crippen molar-refractivity contribution in [3.8, 4) is 5.69 Å². The van der Waals surface area contributed by atoms with Crippen molar-refractivity contribution in [3.05, 3.63) is 52.0 Å². The van der Waals surface area contributed by atoms with Crippen LogP contribution in [0.1, 0.15) is 10.5 Å². The highest BCUT2D eigenvalue weighted by atomic mass is 79.9. The van der Waals surface area contributed by atoms with E-state index in [4.69, 9.17) is 5.11 Å². The number of rotatable bonds is 2. The number of hydrogen-bond donors (Lipinski definition) is 1. The van der Waals surface area contributed by atoms with E-state index in [0.717, 1.165) is 4.57 Å². The van der Waals surface area contributed by atoms with Crippen LogP contribution in [0.15, 0.2) is 28.9 Å². The summed E-state index contributed by atoms with van der Waals surface area (Å²) in [6.07, 6.45) is 1.25. The van der Waals surface area contributed by atoms with E-state index in [2.05, 4.69) is 15.9 Å². The second kappa shape index (κ2) is 4.49. The number of nitrogens with zero attached hydrogens (tertiary/aromatic N) is 1. The van der Waals surface area contributed by atoms with E-state index in [1.807, 2.05) is 0 Å². The van der Waals surface area contributed by atoms with Crippen molar-refractivity contribution in [3.63, 3.8) is 0 Å². The van der Waals surface area contributed by atoms with Crippen LogP contribution in [0.5, 0.6) is 0 Å². The van der Waals surface area contributed by atoms with E-state index < -0.39 is 23.4 Å². The molecule has 0 fully saturated rings. The lowest BCUT2D eigenvalue weighted by molar-refractivity contribution is 0.0688. The van der Waals surface area contributed by atoms with E-state index in [0.29, 0.717) is 16.6 Å². The van der Waals surface area contributed by atoms with Gasteiger partial charge in [0.2, 0.25) is 0 Å². The summed E-state index contributed by atoms with van der Waals surface area (Å²) in [5, 5.41) is 8.92. The van der Waals surface area contributed by atoms with Crippen molar-refractivity contribution in [2.24, 2.45) is 0 Å². The number of aromatic carboxylic acids is 1. The SMILES string of the molecule is O=C(O)c1cc(Br)cn1-c1cc(F)c(F)cc1F. The molecular formula is C11H5BrF3NO2. The van der Waals surface area contributed by atoms with Crippen LogP contribution in [0, 0.1) is 17.5 Å².